The Morgan fingerprint density at radius 1 is 1.14 bits per heavy atom. The summed E-state index contributed by atoms with van der Waals surface area (Å²) in [6.45, 7) is 1.86. The maximum absolute atomic E-state index is 13.6. The average Bonchev–Trinajstić information content (AvgIpc) is 3.39. The minimum Gasteiger partial charge on any atom is -0.454 e. The minimum absolute atomic E-state index is 0.0382. The molecular weight excluding hydrogens is 370 g/mol. The smallest absolute Gasteiger partial charge is 0.246 e. The number of hydrogen-bond acceptors (Lipinski definition) is 5. The molecule has 1 aromatic rings. The number of carbonyl (C=O) groups excluding carboxylic acids is 2. The first-order valence-corrected chi connectivity index (χ1v) is 10.8. The maximum Gasteiger partial charge on any atom is 0.246 e. The molecule has 2 saturated heterocycles. The van der Waals surface area contributed by atoms with Gasteiger partial charge in [-0.2, -0.15) is 0 Å². The molecule has 1 N–H and O–H groups in total. The van der Waals surface area contributed by atoms with E-state index in [-0.39, 0.29) is 30.7 Å². The number of piperidine rings is 1. The molecule has 0 bridgehead atoms. The van der Waals surface area contributed by atoms with Crippen LogP contribution in [0.15, 0.2) is 18.2 Å². The van der Waals surface area contributed by atoms with Crippen LogP contribution in [0.1, 0.15) is 56.6 Å². The molecule has 4 aliphatic rings. The Morgan fingerprint density at radius 3 is 2.59 bits per heavy atom. The highest BCUT2D eigenvalue weighted by atomic mass is 16.7. The normalized spacial score (nSPS) is 26.4. The molecule has 29 heavy (non-hydrogen) atoms. The van der Waals surface area contributed by atoms with Crippen molar-refractivity contribution >= 4 is 11.8 Å². The lowest BCUT2D eigenvalue weighted by Gasteiger charge is -2.55. The largest absolute Gasteiger partial charge is 0.454 e. The fourth-order valence-electron chi connectivity index (χ4n) is 5.30. The van der Waals surface area contributed by atoms with Gasteiger partial charge in [0.25, 0.3) is 0 Å². The summed E-state index contributed by atoms with van der Waals surface area (Å²) < 4.78 is 11.0. The number of carbonyl (C=O) groups is 2. The monoisotopic (exact) mass is 399 g/mol. The third-order valence-electron chi connectivity index (χ3n) is 7.12. The second-order valence-electron chi connectivity index (χ2n) is 8.89. The number of ether oxygens (including phenoxy) is 2. The summed E-state index contributed by atoms with van der Waals surface area (Å²) in [6, 6.07) is 6.02. The van der Waals surface area contributed by atoms with Gasteiger partial charge < -0.3 is 24.6 Å². The number of nitrogens with one attached hydrogen (secondary N) is 1. The molecule has 1 saturated carbocycles. The third-order valence-corrected chi connectivity index (χ3v) is 7.12. The van der Waals surface area contributed by atoms with Crippen molar-refractivity contribution in [3.8, 4) is 11.5 Å². The summed E-state index contributed by atoms with van der Waals surface area (Å²) in [5, 5.41) is 3.29. The summed E-state index contributed by atoms with van der Waals surface area (Å²) in [4.78, 5) is 30.5. The van der Waals surface area contributed by atoms with Crippen molar-refractivity contribution in [2.24, 2.45) is 0 Å². The number of rotatable bonds is 4. The minimum atomic E-state index is -0.758. The molecule has 3 heterocycles. The molecule has 1 aliphatic carbocycles. The van der Waals surface area contributed by atoms with E-state index >= 15 is 0 Å². The van der Waals surface area contributed by atoms with Gasteiger partial charge in [0.05, 0.1) is 12.5 Å². The Kier molecular flexibility index (Phi) is 4.65. The van der Waals surface area contributed by atoms with Crippen LogP contribution >= 0.6 is 0 Å². The molecule has 3 aliphatic heterocycles. The second kappa shape index (κ2) is 7.20. The van der Waals surface area contributed by atoms with E-state index in [0.29, 0.717) is 19.3 Å². The summed E-state index contributed by atoms with van der Waals surface area (Å²) >= 11 is 0. The van der Waals surface area contributed by atoms with Crippen LogP contribution in [0.3, 0.4) is 0 Å². The molecule has 2 amide bonds. The predicted octanol–water partition coefficient (Wildman–Crippen LogP) is 2.21. The lowest BCUT2D eigenvalue weighted by Crippen LogP contribution is -2.69. The number of nitrogens with zero attached hydrogens (tertiary/aromatic N) is 2. The quantitative estimate of drug-likeness (QED) is 0.786. The zero-order valence-corrected chi connectivity index (χ0v) is 17.0. The maximum atomic E-state index is 13.6. The van der Waals surface area contributed by atoms with Crippen LogP contribution in [0.4, 0.5) is 0 Å². The molecule has 0 aromatic heterocycles. The van der Waals surface area contributed by atoms with E-state index in [1.807, 2.05) is 23.1 Å². The zero-order valence-electron chi connectivity index (χ0n) is 17.0. The van der Waals surface area contributed by atoms with Crippen molar-refractivity contribution in [3.05, 3.63) is 23.8 Å². The summed E-state index contributed by atoms with van der Waals surface area (Å²) in [7, 11) is 2.08. The molecule has 0 spiro atoms. The molecule has 1 aromatic carbocycles. The van der Waals surface area contributed by atoms with Gasteiger partial charge in [-0.15, -0.1) is 0 Å². The summed E-state index contributed by atoms with van der Waals surface area (Å²) in [6.07, 6.45) is 6.21. The third kappa shape index (κ3) is 3.16. The van der Waals surface area contributed by atoms with Gasteiger partial charge in [-0.1, -0.05) is 18.9 Å². The molecular formula is C22H29N3O4. The van der Waals surface area contributed by atoms with Crippen molar-refractivity contribution in [2.45, 2.75) is 62.6 Å². The molecule has 7 heteroatoms. The Hall–Kier alpha value is -2.28. The summed E-state index contributed by atoms with van der Waals surface area (Å²) in [5.74, 6) is 1.56. The van der Waals surface area contributed by atoms with E-state index in [4.69, 9.17) is 9.47 Å². The number of hydrogen-bond donors (Lipinski definition) is 1. The molecule has 1 atom stereocenters. The highest BCUT2D eigenvalue weighted by molar-refractivity contribution is 5.95. The standard InChI is InChI=1S/C22H29N3O4/c1-24-10-8-22(9-11-24,21(27)23-16-4-2-3-5-16)25-17(13-20(25)26)15-6-7-18-19(12-15)29-14-28-18/h6-7,12,16-17H,2-5,8-11,13-14H2,1H3,(H,23,27). The van der Waals surface area contributed by atoms with Crippen molar-refractivity contribution in [1.29, 1.82) is 0 Å². The Morgan fingerprint density at radius 2 is 1.86 bits per heavy atom. The number of amides is 2. The van der Waals surface area contributed by atoms with Gasteiger partial charge in [0.1, 0.15) is 5.54 Å². The van der Waals surface area contributed by atoms with Gasteiger partial charge in [-0.05, 0) is 50.4 Å². The first-order valence-electron chi connectivity index (χ1n) is 10.8. The van der Waals surface area contributed by atoms with Crippen molar-refractivity contribution in [3.63, 3.8) is 0 Å². The number of β-lactam (4-membered cyclic amide) rings is 1. The first kappa shape index (κ1) is 18.7. The topological polar surface area (TPSA) is 71.1 Å². The number of fused-ring (bicyclic) bond motifs is 1. The lowest BCUT2D eigenvalue weighted by molar-refractivity contribution is -0.169. The number of benzene rings is 1. The van der Waals surface area contributed by atoms with Crippen LogP contribution < -0.4 is 14.8 Å². The van der Waals surface area contributed by atoms with E-state index < -0.39 is 5.54 Å². The molecule has 5 rings (SSSR count). The van der Waals surface area contributed by atoms with Crippen LogP contribution in [0.5, 0.6) is 11.5 Å². The van der Waals surface area contributed by atoms with E-state index in [2.05, 4.69) is 17.3 Å². The van der Waals surface area contributed by atoms with Crippen LogP contribution in [-0.4, -0.2) is 60.1 Å². The zero-order chi connectivity index (χ0) is 20.0. The van der Waals surface area contributed by atoms with E-state index in [9.17, 15) is 9.59 Å². The van der Waals surface area contributed by atoms with Gasteiger partial charge in [0.15, 0.2) is 11.5 Å². The predicted molar refractivity (Wildman–Crippen MR) is 107 cm³/mol. The van der Waals surface area contributed by atoms with Gasteiger partial charge in [-0.3, -0.25) is 9.59 Å². The van der Waals surface area contributed by atoms with Gasteiger partial charge in [0.2, 0.25) is 18.6 Å². The molecule has 3 fully saturated rings. The van der Waals surface area contributed by atoms with Crippen LogP contribution in [-0.2, 0) is 9.59 Å². The van der Waals surface area contributed by atoms with Crippen molar-refractivity contribution in [2.75, 3.05) is 26.9 Å². The fraction of sp³-hybridized carbons (Fsp3) is 0.636. The average molecular weight is 399 g/mol. The Balaban J connectivity index is 1.44. The highest BCUT2D eigenvalue weighted by Crippen LogP contribution is 2.46. The number of likely N-dealkylation sites (tertiary alicyclic amines) is 2. The molecule has 1 unspecified atom stereocenters. The van der Waals surface area contributed by atoms with Gasteiger partial charge >= 0.3 is 0 Å². The van der Waals surface area contributed by atoms with E-state index in [0.717, 1.165) is 43.0 Å². The summed E-state index contributed by atoms with van der Waals surface area (Å²) in [5.41, 5.74) is 0.256. The molecule has 0 radical (unpaired) electrons. The van der Waals surface area contributed by atoms with Crippen molar-refractivity contribution in [1.82, 2.24) is 15.1 Å². The highest BCUT2D eigenvalue weighted by Gasteiger charge is 2.55. The Labute approximate surface area is 171 Å². The van der Waals surface area contributed by atoms with E-state index in [1.165, 1.54) is 12.8 Å². The second-order valence-corrected chi connectivity index (χ2v) is 8.89. The fourth-order valence-corrected chi connectivity index (χ4v) is 5.30. The van der Waals surface area contributed by atoms with Crippen molar-refractivity contribution < 1.29 is 19.1 Å². The van der Waals surface area contributed by atoms with Crippen LogP contribution in [0.2, 0.25) is 0 Å². The lowest BCUT2D eigenvalue weighted by atomic mass is 9.78. The Bertz CT molecular complexity index is 812. The van der Waals surface area contributed by atoms with Gasteiger partial charge in [-0.25, -0.2) is 0 Å². The van der Waals surface area contributed by atoms with Crippen LogP contribution in [0, 0.1) is 0 Å². The van der Waals surface area contributed by atoms with Crippen LogP contribution in [0.25, 0.3) is 0 Å². The molecule has 156 valence electrons. The van der Waals surface area contributed by atoms with Gasteiger partial charge in [0, 0.05) is 19.1 Å². The molecule has 7 nitrogen and oxygen atoms in total. The first-order chi connectivity index (χ1) is 14.1. The van der Waals surface area contributed by atoms with E-state index in [1.54, 1.807) is 0 Å². The SMILES string of the molecule is CN1CCC(C(=O)NC2CCCC2)(N2C(=O)CC2c2ccc3c(c2)OCO3)CC1.